The third-order valence-electron chi connectivity index (χ3n) is 5.58. The lowest BCUT2D eigenvalue weighted by atomic mass is 9.97. The van der Waals surface area contributed by atoms with Crippen molar-refractivity contribution in [3.8, 4) is 0 Å². The molecule has 0 N–H and O–H groups in total. The van der Waals surface area contributed by atoms with E-state index in [9.17, 15) is 9.59 Å². The van der Waals surface area contributed by atoms with Crippen LogP contribution in [0.3, 0.4) is 0 Å². The molecule has 1 saturated carbocycles. The van der Waals surface area contributed by atoms with Crippen LogP contribution in [0.5, 0.6) is 0 Å². The average Bonchev–Trinajstić information content (AvgIpc) is 3.03. The standard InChI is InChI=1S/C18H25N3O2S/c22-17(7-13-3-1-2-4-13)20-9-14(10-20)11-21-18(23)8-15-12-24-6-5-16(15)19-21/h8,13-14H,1-7,9-12H2. The molecule has 2 fully saturated rings. The van der Waals surface area contributed by atoms with Gasteiger partial charge in [0.25, 0.3) is 5.56 Å². The van der Waals surface area contributed by atoms with E-state index in [1.54, 1.807) is 10.7 Å². The van der Waals surface area contributed by atoms with Crippen LogP contribution < -0.4 is 5.56 Å². The maximum absolute atomic E-state index is 12.3. The summed E-state index contributed by atoms with van der Waals surface area (Å²) in [6, 6.07) is 1.76. The Bertz CT molecular complexity index is 675. The number of amides is 1. The Labute approximate surface area is 146 Å². The summed E-state index contributed by atoms with van der Waals surface area (Å²) in [5, 5.41) is 4.58. The summed E-state index contributed by atoms with van der Waals surface area (Å²) in [7, 11) is 0. The van der Waals surface area contributed by atoms with Crippen LogP contribution in [-0.2, 0) is 23.5 Å². The van der Waals surface area contributed by atoms with E-state index in [-0.39, 0.29) is 5.56 Å². The number of likely N-dealkylation sites (tertiary alicyclic amines) is 1. The second-order valence-electron chi connectivity index (χ2n) is 7.46. The molecule has 5 nitrogen and oxygen atoms in total. The van der Waals surface area contributed by atoms with Gasteiger partial charge in [0.2, 0.25) is 5.91 Å². The molecule has 2 aliphatic heterocycles. The highest BCUT2D eigenvalue weighted by Gasteiger charge is 2.32. The number of hydrogen-bond donors (Lipinski definition) is 0. The van der Waals surface area contributed by atoms with Gasteiger partial charge in [0.1, 0.15) is 0 Å². The fourth-order valence-electron chi connectivity index (χ4n) is 4.11. The minimum atomic E-state index is 0.00646. The number of carbonyl (C=O) groups is 1. The van der Waals surface area contributed by atoms with E-state index < -0.39 is 0 Å². The smallest absolute Gasteiger partial charge is 0.267 e. The Kier molecular flexibility index (Phi) is 4.66. The fourth-order valence-corrected chi connectivity index (χ4v) is 5.06. The molecule has 0 aromatic carbocycles. The first kappa shape index (κ1) is 16.2. The number of carbonyl (C=O) groups excluding carboxylic acids is 1. The molecule has 1 saturated heterocycles. The van der Waals surface area contributed by atoms with E-state index >= 15 is 0 Å². The van der Waals surface area contributed by atoms with Gasteiger partial charge in [-0.2, -0.15) is 16.9 Å². The van der Waals surface area contributed by atoms with Crippen molar-refractivity contribution in [2.45, 2.75) is 50.8 Å². The van der Waals surface area contributed by atoms with Crippen molar-refractivity contribution in [2.75, 3.05) is 18.8 Å². The molecule has 1 aliphatic carbocycles. The van der Waals surface area contributed by atoms with Gasteiger partial charge in [-0.25, -0.2) is 4.68 Å². The van der Waals surface area contributed by atoms with E-state index in [1.807, 2.05) is 16.7 Å². The zero-order chi connectivity index (χ0) is 16.5. The van der Waals surface area contributed by atoms with Crippen molar-refractivity contribution in [1.29, 1.82) is 0 Å². The molecule has 3 heterocycles. The number of thioether (sulfide) groups is 1. The Morgan fingerprint density at radius 3 is 2.83 bits per heavy atom. The first-order valence-electron chi connectivity index (χ1n) is 9.14. The van der Waals surface area contributed by atoms with Crippen LogP contribution in [-0.4, -0.2) is 39.4 Å². The maximum atomic E-state index is 12.3. The first-order chi connectivity index (χ1) is 11.7. The number of hydrogen-bond acceptors (Lipinski definition) is 4. The number of nitrogens with zero attached hydrogens (tertiary/aromatic N) is 3. The van der Waals surface area contributed by atoms with Crippen LogP contribution in [0.4, 0.5) is 0 Å². The molecule has 24 heavy (non-hydrogen) atoms. The third-order valence-corrected chi connectivity index (χ3v) is 6.59. The average molecular weight is 347 g/mol. The first-order valence-corrected chi connectivity index (χ1v) is 10.3. The zero-order valence-electron chi connectivity index (χ0n) is 14.1. The van der Waals surface area contributed by atoms with Gasteiger partial charge in [-0.15, -0.1) is 0 Å². The quantitative estimate of drug-likeness (QED) is 0.837. The zero-order valence-corrected chi connectivity index (χ0v) is 14.9. The minimum Gasteiger partial charge on any atom is -0.342 e. The molecule has 0 unspecified atom stereocenters. The molecule has 4 rings (SSSR count). The van der Waals surface area contributed by atoms with Crippen molar-refractivity contribution in [2.24, 2.45) is 11.8 Å². The van der Waals surface area contributed by atoms with Crippen molar-refractivity contribution >= 4 is 17.7 Å². The predicted octanol–water partition coefficient (Wildman–Crippen LogP) is 2.07. The largest absolute Gasteiger partial charge is 0.342 e. The highest BCUT2D eigenvalue weighted by molar-refractivity contribution is 7.98. The summed E-state index contributed by atoms with van der Waals surface area (Å²) < 4.78 is 1.62. The van der Waals surface area contributed by atoms with E-state index in [4.69, 9.17) is 0 Å². The van der Waals surface area contributed by atoms with Crippen molar-refractivity contribution in [3.63, 3.8) is 0 Å². The molecular weight excluding hydrogens is 322 g/mol. The molecular formula is C18H25N3O2S. The van der Waals surface area contributed by atoms with Crippen LogP contribution in [0.25, 0.3) is 0 Å². The van der Waals surface area contributed by atoms with E-state index in [0.717, 1.165) is 48.7 Å². The monoisotopic (exact) mass is 347 g/mol. The highest BCUT2D eigenvalue weighted by Crippen LogP contribution is 2.29. The van der Waals surface area contributed by atoms with Crippen molar-refractivity contribution < 1.29 is 4.79 Å². The number of fused-ring (bicyclic) bond motifs is 1. The summed E-state index contributed by atoms with van der Waals surface area (Å²) in [5.41, 5.74) is 2.20. The fraction of sp³-hybridized carbons (Fsp3) is 0.722. The molecule has 3 aliphatic rings. The highest BCUT2D eigenvalue weighted by atomic mass is 32.2. The third kappa shape index (κ3) is 3.39. The predicted molar refractivity (Wildman–Crippen MR) is 95.0 cm³/mol. The second kappa shape index (κ2) is 6.90. The van der Waals surface area contributed by atoms with E-state index in [2.05, 4.69) is 5.10 Å². The molecule has 1 aromatic rings. The summed E-state index contributed by atoms with van der Waals surface area (Å²) >= 11 is 1.87. The Hall–Kier alpha value is -1.30. The van der Waals surface area contributed by atoms with Crippen LogP contribution in [0.15, 0.2) is 10.9 Å². The van der Waals surface area contributed by atoms with Gasteiger partial charge in [-0.05, 0) is 30.1 Å². The maximum Gasteiger partial charge on any atom is 0.267 e. The molecule has 1 amide bonds. The van der Waals surface area contributed by atoms with Gasteiger partial charge < -0.3 is 4.90 Å². The van der Waals surface area contributed by atoms with Gasteiger partial charge in [0.05, 0.1) is 12.2 Å². The molecule has 130 valence electrons. The van der Waals surface area contributed by atoms with Crippen LogP contribution in [0, 0.1) is 11.8 Å². The minimum absolute atomic E-state index is 0.00646. The van der Waals surface area contributed by atoms with E-state index in [1.165, 1.54) is 25.7 Å². The lowest BCUT2D eigenvalue weighted by Crippen LogP contribution is -2.52. The van der Waals surface area contributed by atoms with Gasteiger partial charge in [0, 0.05) is 43.7 Å². The second-order valence-corrected chi connectivity index (χ2v) is 8.56. The lowest BCUT2D eigenvalue weighted by molar-refractivity contribution is -0.138. The van der Waals surface area contributed by atoms with Crippen LogP contribution in [0.1, 0.15) is 43.4 Å². The summed E-state index contributed by atoms with van der Waals surface area (Å²) in [4.78, 5) is 26.5. The topological polar surface area (TPSA) is 55.2 Å². The Morgan fingerprint density at radius 2 is 2.04 bits per heavy atom. The molecule has 0 radical (unpaired) electrons. The molecule has 6 heteroatoms. The molecule has 1 aromatic heterocycles. The van der Waals surface area contributed by atoms with Crippen LogP contribution >= 0.6 is 11.8 Å². The Morgan fingerprint density at radius 1 is 1.25 bits per heavy atom. The van der Waals surface area contributed by atoms with E-state index in [0.29, 0.717) is 24.3 Å². The van der Waals surface area contributed by atoms with Crippen molar-refractivity contribution in [1.82, 2.24) is 14.7 Å². The normalized spacial score (nSPS) is 21.6. The van der Waals surface area contributed by atoms with Gasteiger partial charge in [-0.3, -0.25) is 9.59 Å². The van der Waals surface area contributed by atoms with Crippen molar-refractivity contribution in [3.05, 3.63) is 27.7 Å². The number of rotatable bonds is 4. The van der Waals surface area contributed by atoms with Gasteiger partial charge >= 0.3 is 0 Å². The van der Waals surface area contributed by atoms with Gasteiger partial charge in [-0.1, -0.05) is 12.8 Å². The molecule has 0 bridgehead atoms. The summed E-state index contributed by atoms with van der Waals surface area (Å²) in [5.74, 6) is 3.29. The van der Waals surface area contributed by atoms with Crippen LogP contribution in [0.2, 0.25) is 0 Å². The molecule has 0 spiro atoms. The Balaban J connectivity index is 1.31. The molecule has 0 atom stereocenters. The summed E-state index contributed by atoms with van der Waals surface area (Å²) in [6.07, 6.45) is 6.68. The number of aryl methyl sites for hydroxylation is 1. The summed E-state index contributed by atoms with van der Waals surface area (Å²) in [6.45, 7) is 2.21. The lowest BCUT2D eigenvalue weighted by Gasteiger charge is -2.39. The SMILES string of the molecule is O=C(CC1CCCC1)N1CC(Cn2nc3c(cc2=O)CSCC3)C1. The van der Waals surface area contributed by atoms with Gasteiger partial charge in [0.15, 0.2) is 0 Å². The number of aromatic nitrogens is 2.